The van der Waals surface area contributed by atoms with E-state index in [2.05, 4.69) is 15.3 Å². The molecule has 108 valence electrons. The van der Waals surface area contributed by atoms with Crippen molar-refractivity contribution in [1.29, 1.82) is 0 Å². The molecule has 0 atom stereocenters. The number of imidazole rings is 1. The highest BCUT2D eigenvalue weighted by molar-refractivity contribution is 5.40. The zero-order valence-corrected chi connectivity index (χ0v) is 10.7. The summed E-state index contributed by atoms with van der Waals surface area (Å²) in [5.41, 5.74) is -0.425. The highest BCUT2D eigenvalue weighted by atomic mass is 19.4. The Morgan fingerprint density at radius 3 is 2.70 bits per heavy atom. The number of rotatable bonds is 5. The number of methoxy groups -OCH3 is 1. The average Bonchev–Trinajstić information content (AvgIpc) is 2.87. The molecule has 0 radical (unpaired) electrons. The first kappa shape index (κ1) is 14.3. The van der Waals surface area contributed by atoms with Crippen LogP contribution in [-0.4, -0.2) is 34.8 Å². The Hall–Kier alpha value is -2.09. The van der Waals surface area contributed by atoms with Crippen molar-refractivity contribution < 1.29 is 17.9 Å². The van der Waals surface area contributed by atoms with Crippen molar-refractivity contribution >= 4 is 5.95 Å². The lowest BCUT2D eigenvalue weighted by Crippen LogP contribution is -2.12. The van der Waals surface area contributed by atoms with Gasteiger partial charge in [-0.15, -0.1) is 0 Å². The number of alkyl halides is 3. The van der Waals surface area contributed by atoms with Crippen LogP contribution in [0.1, 0.15) is 5.69 Å². The van der Waals surface area contributed by atoms with Crippen molar-refractivity contribution in [1.82, 2.24) is 14.5 Å². The lowest BCUT2D eigenvalue weighted by atomic mass is 10.3. The minimum absolute atomic E-state index is 0.496. The van der Waals surface area contributed by atoms with Crippen molar-refractivity contribution in [3.05, 3.63) is 36.4 Å². The first-order valence-corrected chi connectivity index (χ1v) is 5.82. The summed E-state index contributed by atoms with van der Waals surface area (Å²) in [4.78, 5) is 7.50. The minimum atomic E-state index is -4.44. The summed E-state index contributed by atoms with van der Waals surface area (Å²) in [6, 6.07) is 2.28. The number of anilines is 1. The van der Waals surface area contributed by atoms with Gasteiger partial charge in [-0.25, -0.2) is 9.97 Å². The van der Waals surface area contributed by atoms with E-state index in [0.29, 0.717) is 24.8 Å². The quantitative estimate of drug-likeness (QED) is 0.857. The molecule has 20 heavy (non-hydrogen) atoms. The summed E-state index contributed by atoms with van der Waals surface area (Å²) >= 11 is 0. The summed E-state index contributed by atoms with van der Waals surface area (Å²) in [5, 5.41) is 3.01. The van der Waals surface area contributed by atoms with Crippen LogP contribution in [0.15, 0.2) is 30.7 Å². The molecule has 2 rings (SSSR count). The number of halogens is 3. The SMILES string of the molecule is COCCNc1nccn1-c1ccc(C(F)(F)F)nc1. The lowest BCUT2D eigenvalue weighted by Gasteiger charge is -2.10. The second kappa shape index (κ2) is 5.91. The van der Waals surface area contributed by atoms with E-state index in [1.807, 2.05) is 0 Å². The Labute approximate surface area is 113 Å². The maximum Gasteiger partial charge on any atom is 0.433 e. The molecule has 0 aliphatic carbocycles. The summed E-state index contributed by atoms with van der Waals surface area (Å²) in [7, 11) is 1.58. The van der Waals surface area contributed by atoms with E-state index in [-0.39, 0.29) is 0 Å². The van der Waals surface area contributed by atoms with E-state index in [9.17, 15) is 13.2 Å². The molecule has 0 aliphatic rings. The van der Waals surface area contributed by atoms with Crippen LogP contribution in [0.4, 0.5) is 19.1 Å². The zero-order valence-electron chi connectivity index (χ0n) is 10.7. The van der Waals surface area contributed by atoms with Crippen molar-refractivity contribution in [2.24, 2.45) is 0 Å². The van der Waals surface area contributed by atoms with Gasteiger partial charge in [-0.2, -0.15) is 13.2 Å². The molecule has 0 aliphatic heterocycles. The zero-order chi connectivity index (χ0) is 14.6. The molecule has 0 unspecified atom stereocenters. The molecule has 0 aromatic carbocycles. The number of hydrogen-bond donors (Lipinski definition) is 1. The third-order valence-corrected chi connectivity index (χ3v) is 2.55. The number of pyridine rings is 1. The van der Waals surface area contributed by atoms with Gasteiger partial charge in [0.05, 0.1) is 18.5 Å². The van der Waals surface area contributed by atoms with Crippen molar-refractivity contribution in [2.45, 2.75) is 6.18 Å². The van der Waals surface area contributed by atoms with Gasteiger partial charge in [-0.3, -0.25) is 4.57 Å². The summed E-state index contributed by atoms with van der Waals surface area (Å²) < 4.78 is 43.8. The maximum atomic E-state index is 12.4. The highest BCUT2D eigenvalue weighted by Gasteiger charge is 2.32. The van der Waals surface area contributed by atoms with Gasteiger partial charge in [0.15, 0.2) is 0 Å². The fraction of sp³-hybridized carbons (Fsp3) is 0.333. The molecule has 1 N–H and O–H groups in total. The van der Waals surface area contributed by atoms with Crippen molar-refractivity contribution in [2.75, 3.05) is 25.6 Å². The van der Waals surface area contributed by atoms with Gasteiger partial charge >= 0.3 is 6.18 Å². The molecule has 0 saturated heterocycles. The maximum absolute atomic E-state index is 12.4. The van der Waals surface area contributed by atoms with Gasteiger partial charge in [0, 0.05) is 26.0 Å². The van der Waals surface area contributed by atoms with Crippen LogP contribution in [0, 0.1) is 0 Å². The largest absolute Gasteiger partial charge is 0.433 e. The summed E-state index contributed by atoms with van der Waals surface area (Å²) in [6.07, 6.45) is -0.0920. The standard InChI is InChI=1S/C12H13F3N4O/c1-20-7-5-17-11-16-4-6-19(11)9-2-3-10(18-8-9)12(13,14)15/h2-4,6,8H,5,7H2,1H3,(H,16,17). The molecular weight excluding hydrogens is 273 g/mol. The molecule has 0 saturated carbocycles. The normalized spacial score (nSPS) is 11.6. The van der Waals surface area contributed by atoms with Gasteiger partial charge in [0.25, 0.3) is 0 Å². The topological polar surface area (TPSA) is 52.0 Å². The van der Waals surface area contributed by atoms with E-state index in [0.717, 1.165) is 12.3 Å². The van der Waals surface area contributed by atoms with Gasteiger partial charge in [0.1, 0.15) is 5.69 Å². The Kier molecular flexibility index (Phi) is 4.23. The third kappa shape index (κ3) is 3.27. The number of nitrogens with one attached hydrogen (secondary N) is 1. The number of nitrogens with zero attached hydrogens (tertiary/aromatic N) is 3. The molecular formula is C12H13F3N4O. The van der Waals surface area contributed by atoms with E-state index in [4.69, 9.17) is 4.74 Å². The highest BCUT2D eigenvalue weighted by Crippen LogP contribution is 2.27. The van der Waals surface area contributed by atoms with Crippen LogP contribution in [0.3, 0.4) is 0 Å². The molecule has 8 heteroatoms. The number of hydrogen-bond acceptors (Lipinski definition) is 4. The fourth-order valence-electron chi connectivity index (χ4n) is 1.60. The summed E-state index contributed by atoms with van der Waals surface area (Å²) in [5.74, 6) is 0.517. The van der Waals surface area contributed by atoms with Crippen LogP contribution in [0.5, 0.6) is 0 Å². The Balaban J connectivity index is 2.18. The molecule has 5 nitrogen and oxygen atoms in total. The molecule has 0 bridgehead atoms. The van der Waals surface area contributed by atoms with E-state index >= 15 is 0 Å². The molecule has 0 amide bonds. The second-order valence-electron chi connectivity index (χ2n) is 3.94. The van der Waals surface area contributed by atoms with Crippen LogP contribution >= 0.6 is 0 Å². The van der Waals surface area contributed by atoms with Gasteiger partial charge < -0.3 is 10.1 Å². The first-order valence-electron chi connectivity index (χ1n) is 5.82. The third-order valence-electron chi connectivity index (χ3n) is 2.55. The second-order valence-corrected chi connectivity index (χ2v) is 3.94. The summed E-state index contributed by atoms with van der Waals surface area (Å²) in [6.45, 7) is 1.04. The first-order chi connectivity index (χ1) is 9.52. The van der Waals surface area contributed by atoms with Crippen LogP contribution in [0.2, 0.25) is 0 Å². The molecule has 0 fully saturated rings. The smallest absolute Gasteiger partial charge is 0.383 e. The Morgan fingerprint density at radius 1 is 1.30 bits per heavy atom. The minimum Gasteiger partial charge on any atom is -0.383 e. The Morgan fingerprint density at radius 2 is 2.10 bits per heavy atom. The van der Waals surface area contributed by atoms with Crippen LogP contribution < -0.4 is 5.32 Å². The number of ether oxygens (including phenoxy) is 1. The number of aromatic nitrogens is 3. The molecule has 2 aromatic rings. The monoisotopic (exact) mass is 286 g/mol. The van der Waals surface area contributed by atoms with Gasteiger partial charge in [0.2, 0.25) is 5.95 Å². The van der Waals surface area contributed by atoms with Crippen molar-refractivity contribution in [3.63, 3.8) is 0 Å². The predicted molar refractivity (Wildman–Crippen MR) is 66.7 cm³/mol. The van der Waals surface area contributed by atoms with Crippen LogP contribution in [-0.2, 0) is 10.9 Å². The van der Waals surface area contributed by atoms with Gasteiger partial charge in [-0.1, -0.05) is 0 Å². The van der Waals surface area contributed by atoms with E-state index in [1.54, 1.807) is 24.1 Å². The average molecular weight is 286 g/mol. The lowest BCUT2D eigenvalue weighted by molar-refractivity contribution is -0.141. The fourth-order valence-corrected chi connectivity index (χ4v) is 1.60. The van der Waals surface area contributed by atoms with E-state index < -0.39 is 11.9 Å². The van der Waals surface area contributed by atoms with Crippen molar-refractivity contribution in [3.8, 4) is 5.69 Å². The van der Waals surface area contributed by atoms with Crippen LogP contribution in [0.25, 0.3) is 5.69 Å². The molecule has 2 heterocycles. The molecule has 0 spiro atoms. The van der Waals surface area contributed by atoms with E-state index in [1.165, 1.54) is 6.07 Å². The predicted octanol–water partition coefficient (Wildman–Crippen LogP) is 2.34. The Bertz CT molecular complexity index is 551. The van der Waals surface area contributed by atoms with Gasteiger partial charge in [-0.05, 0) is 12.1 Å². The molecule has 2 aromatic heterocycles.